The van der Waals surface area contributed by atoms with Crippen LogP contribution in [0.2, 0.25) is 5.02 Å². The van der Waals surface area contributed by atoms with Gasteiger partial charge in [0.1, 0.15) is 0 Å². The highest BCUT2D eigenvalue weighted by Crippen LogP contribution is 2.46. The molecule has 7 rings (SSSR count). The number of aromatic nitrogens is 1. The van der Waals surface area contributed by atoms with Gasteiger partial charge in [0.15, 0.2) is 0 Å². The Labute approximate surface area is 252 Å². The molecule has 2 aromatic carbocycles. The fourth-order valence-electron chi connectivity index (χ4n) is 7.15. The SMILES string of the molecule is O=C(O)N1CCC2(CCCC2)CC1.O=c1c(-c2ccccc2)cc(CC2COCCO2)c2n1CCc1ccc(Cl)cc1-2. The Bertz CT molecular complexity index is 1470. The van der Waals surface area contributed by atoms with Crippen molar-refractivity contribution in [2.24, 2.45) is 5.41 Å². The van der Waals surface area contributed by atoms with Crippen molar-refractivity contribution in [2.45, 2.75) is 64.0 Å². The Morgan fingerprint density at radius 1 is 0.952 bits per heavy atom. The van der Waals surface area contributed by atoms with Crippen LogP contribution in [0, 0.1) is 5.41 Å². The van der Waals surface area contributed by atoms with Crippen LogP contribution in [0.25, 0.3) is 22.4 Å². The molecule has 1 aliphatic carbocycles. The van der Waals surface area contributed by atoms with E-state index >= 15 is 0 Å². The summed E-state index contributed by atoms with van der Waals surface area (Å²) >= 11 is 6.32. The van der Waals surface area contributed by atoms with E-state index < -0.39 is 6.09 Å². The van der Waals surface area contributed by atoms with Gasteiger partial charge >= 0.3 is 6.09 Å². The summed E-state index contributed by atoms with van der Waals surface area (Å²) in [6.07, 6.45) is 8.33. The van der Waals surface area contributed by atoms with E-state index in [1.807, 2.05) is 53.1 Å². The third kappa shape index (κ3) is 6.14. The van der Waals surface area contributed by atoms with E-state index in [1.165, 1.54) is 31.2 Å². The first kappa shape index (κ1) is 29.0. The molecule has 1 aromatic heterocycles. The summed E-state index contributed by atoms with van der Waals surface area (Å²) in [5, 5.41) is 9.48. The van der Waals surface area contributed by atoms with Crippen LogP contribution < -0.4 is 5.56 Å². The molecular formula is C34H39ClN2O5. The van der Waals surface area contributed by atoms with Crippen LogP contribution in [0.3, 0.4) is 0 Å². The lowest BCUT2D eigenvalue weighted by atomic mass is 9.77. The zero-order valence-electron chi connectivity index (χ0n) is 24.0. The van der Waals surface area contributed by atoms with Crippen molar-refractivity contribution in [1.29, 1.82) is 0 Å². The molecule has 1 atom stereocenters. The molecule has 3 aromatic rings. The van der Waals surface area contributed by atoms with Gasteiger partial charge < -0.3 is 24.0 Å². The zero-order valence-corrected chi connectivity index (χ0v) is 24.8. The number of benzene rings is 2. The van der Waals surface area contributed by atoms with Crippen LogP contribution in [-0.2, 0) is 28.9 Å². The Morgan fingerprint density at radius 2 is 1.71 bits per heavy atom. The first-order valence-corrected chi connectivity index (χ1v) is 15.6. The number of carboxylic acid groups (broad SMARTS) is 1. The zero-order chi connectivity index (χ0) is 29.1. The summed E-state index contributed by atoms with van der Waals surface area (Å²) < 4.78 is 13.4. The van der Waals surface area contributed by atoms with Crippen LogP contribution in [-0.4, -0.2) is 59.7 Å². The van der Waals surface area contributed by atoms with Gasteiger partial charge in [0.05, 0.1) is 31.6 Å². The van der Waals surface area contributed by atoms with Gasteiger partial charge in [-0.2, -0.15) is 0 Å². The number of amides is 1. The molecule has 7 nitrogen and oxygen atoms in total. The molecule has 0 radical (unpaired) electrons. The summed E-state index contributed by atoms with van der Waals surface area (Å²) in [4.78, 5) is 25.7. The lowest BCUT2D eigenvalue weighted by Crippen LogP contribution is -2.41. The molecule has 1 spiro atoms. The lowest BCUT2D eigenvalue weighted by Gasteiger charge is -2.38. The Hall–Kier alpha value is -3.13. The van der Waals surface area contributed by atoms with Gasteiger partial charge in [-0.1, -0.05) is 60.8 Å². The number of ether oxygens (including phenoxy) is 2. The molecule has 1 N–H and O–H groups in total. The van der Waals surface area contributed by atoms with Crippen molar-refractivity contribution < 1.29 is 19.4 Å². The van der Waals surface area contributed by atoms with Crippen molar-refractivity contribution in [3.63, 3.8) is 0 Å². The van der Waals surface area contributed by atoms with Crippen molar-refractivity contribution in [3.05, 3.63) is 81.1 Å². The number of halogens is 1. The average molecular weight is 591 g/mol. The van der Waals surface area contributed by atoms with E-state index in [-0.39, 0.29) is 11.7 Å². The van der Waals surface area contributed by atoms with Gasteiger partial charge in [-0.15, -0.1) is 0 Å². The third-order valence-electron chi connectivity index (χ3n) is 9.48. The maximum Gasteiger partial charge on any atom is 0.407 e. The summed E-state index contributed by atoms with van der Waals surface area (Å²) in [5.74, 6) is 0. The van der Waals surface area contributed by atoms with Crippen LogP contribution in [0.1, 0.15) is 49.7 Å². The van der Waals surface area contributed by atoms with Crippen molar-refractivity contribution >= 4 is 17.7 Å². The minimum absolute atomic E-state index is 0.0147. The highest BCUT2D eigenvalue weighted by Gasteiger charge is 2.37. The van der Waals surface area contributed by atoms with Crippen molar-refractivity contribution in [2.75, 3.05) is 32.9 Å². The number of pyridine rings is 1. The smallest absolute Gasteiger partial charge is 0.407 e. The van der Waals surface area contributed by atoms with E-state index in [4.69, 9.17) is 26.2 Å². The highest BCUT2D eigenvalue weighted by molar-refractivity contribution is 6.30. The minimum atomic E-state index is -0.743. The second kappa shape index (κ2) is 12.6. The minimum Gasteiger partial charge on any atom is -0.465 e. The molecular weight excluding hydrogens is 552 g/mol. The van der Waals surface area contributed by atoms with Gasteiger partial charge in [0, 0.05) is 42.2 Å². The number of rotatable bonds is 3. The van der Waals surface area contributed by atoms with Crippen molar-refractivity contribution in [1.82, 2.24) is 9.47 Å². The van der Waals surface area contributed by atoms with E-state index in [2.05, 4.69) is 6.07 Å². The molecule has 3 fully saturated rings. The molecule has 4 heterocycles. The van der Waals surface area contributed by atoms with Crippen LogP contribution in [0.4, 0.5) is 4.79 Å². The fourth-order valence-corrected chi connectivity index (χ4v) is 7.33. The van der Waals surface area contributed by atoms with E-state index in [9.17, 15) is 9.59 Å². The Morgan fingerprint density at radius 3 is 2.40 bits per heavy atom. The molecule has 4 aliphatic rings. The molecule has 2 saturated heterocycles. The topological polar surface area (TPSA) is 81.0 Å². The van der Waals surface area contributed by atoms with Gasteiger partial charge in [0.2, 0.25) is 0 Å². The second-order valence-electron chi connectivity index (χ2n) is 12.1. The molecule has 1 saturated carbocycles. The molecule has 8 heteroatoms. The Balaban J connectivity index is 0.000000203. The third-order valence-corrected chi connectivity index (χ3v) is 9.71. The molecule has 222 valence electrons. The first-order valence-electron chi connectivity index (χ1n) is 15.2. The van der Waals surface area contributed by atoms with Crippen LogP contribution in [0.15, 0.2) is 59.4 Å². The predicted molar refractivity (Wildman–Crippen MR) is 164 cm³/mol. The maximum absolute atomic E-state index is 13.4. The van der Waals surface area contributed by atoms with E-state index in [1.54, 1.807) is 4.90 Å². The van der Waals surface area contributed by atoms with Gasteiger partial charge in [-0.05, 0) is 72.4 Å². The molecule has 1 amide bonds. The predicted octanol–water partition coefficient (Wildman–Crippen LogP) is 6.67. The monoisotopic (exact) mass is 590 g/mol. The van der Waals surface area contributed by atoms with E-state index in [0.29, 0.717) is 43.2 Å². The number of likely N-dealkylation sites (tertiary alicyclic amines) is 1. The van der Waals surface area contributed by atoms with E-state index in [0.717, 1.165) is 60.3 Å². The number of fused-ring (bicyclic) bond motifs is 3. The first-order chi connectivity index (χ1) is 20.4. The number of hydrogen-bond donors (Lipinski definition) is 1. The van der Waals surface area contributed by atoms with Gasteiger partial charge in [0.25, 0.3) is 5.56 Å². The maximum atomic E-state index is 13.4. The summed E-state index contributed by atoms with van der Waals surface area (Å²) in [7, 11) is 0. The fraction of sp³-hybridized carbons (Fsp3) is 0.471. The molecule has 0 bridgehead atoms. The molecule has 42 heavy (non-hydrogen) atoms. The van der Waals surface area contributed by atoms with Gasteiger partial charge in [-0.3, -0.25) is 4.79 Å². The molecule has 1 unspecified atom stereocenters. The normalized spacial score (nSPS) is 20.8. The summed E-state index contributed by atoms with van der Waals surface area (Å²) in [6.45, 7) is 4.00. The lowest BCUT2D eigenvalue weighted by molar-refractivity contribution is -0.0872. The van der Waals surface area contributed by atoms with Gasteiger partial charge in [-0.25, -0.2) is 4.79 Å². The number of nitrogens with zero attached hydrogens (tertiary/aromatic N) is 2. The quantitative estimate of drug-likeness (QED) is 0.368. The number of aryl methyl sites for hydroxylation is 1. The van der Waals surface area contributed by atoms with Crippen LogP contribution in [0.5, 0.6) is 0 Å². The number of piperidine rings is 1. The van der Waals surface area contributed by atoms with Crippen molar-refractivity contribution in [3.8, 4) is 22.4 Å². The highest BCUT2D eigenvalue weighted by atomic mass is 35.5. The summed E-state index contributed by atoms with van der Waals surface area (Å²) in [5.41, 5.74) is 6.58. The largest absolute Gasteiger partial charge is 0.465 e. The number of hydrogen-bond acceptors (Lipinski definition) is 4. The average Bonchev–Trinajstić information content (AvgIpc) is 3.47. The summed E-state index contributed by atoms with van der Waals surface area (Å²) in [6, 6.07) is 17.9. The Kier molecular flexibility index (Phi) is 8.70. The number of carbonyl (C=O) groups is 1. The second-order valence-corrected chi connectivity index (χ2v) is 12.5. The van der Waals surface area contributed by atoms with Crippen LogP contribution >= 0.6 is 11.6 Å². The molecule has 3 aliphatic heterocycles. The standard InChI is InChI=1S/C24H22ClNO3.C10H17NO2/c25-19-7-6-17-8-9-26-23(21(17)14-19)18(12-20-15-28-10-11-29-20)13-22(24(26)27)16-4-2-1-3-5-16;12-9(13)11-7-5-10(6-8-11)3-1-2-4-10/h1-7,13-14,20H,8-12,15H2;1-8H2,(H,12,13).